The van der Waals surface area contributed by atoms with Gasteiger partial charge in [0, 0.05) is 24.7 Å². The number of hydrogen-bond acceptors (Lipinski definition) is 5. The van der Waals surface area contributed by atoms with Crippen LogP contribution in [0.3, 0.4) is 0 Å². The number of amides is 2. The molecule has 2 amide bonds. The largest absolute Gasteiger partial charge is 0.444 e. The number of halogens is 1. The molecule has 2 aromatic rings. The number of nitrogens with one attached hydrogen (secondary N) is 2. The SMILES string of the molecule is CC(C)(C)OC(=O)N1C2CCC(C2)C1C(=O)N[C@H](C#N)Cc1ccc(-c2ccc(=O)[nH]c2)cc1F. The molecular formula is C26H29FN4O4. The molecule has 1 aromatic heterocycles. The van der Waals surface area contributed by atoms with E-state index in [4.69, 9.17) is 4.74 Å². The average Bonchev–Trinajstić information content (AvgIpc) is 3.41. The molecule has 0 spiro atoms. The molecule has 9 heteroatoms. The van der Waals surface area contributed by atoms with Gasteiger partial charge in [0.15, 0.2) is 0 Å². The smallest absolute Gasteiger partial charge is 0.411 e. The summed E-state index contributed by atoms with van der Waals surface area (Å²) in [6, 6.07) is 7.87. The lowest BCUT2D eigenvalue weighted by atomic mass is 9.97. The number of benzene rings is 1. The second kappa shape index (κ2) is 9.53. The number of fused-ring (bicyclic) bond motifs is 2. The molecule has 2 aliphatic rings. The van der Waals surface area contributed by atoms with Gasteiger partial charge in [-0.3, -0.25) is 14.5 Å². The van der Waals surface area contributed by atoms with Crippen molar-refractivity contribution in [1.82, 2.24) is 15.2 Å². The van der Waals surface area contributed by atoms with Crippen molar-refractivity contribution < 1.29 is 18.7 Å². The fourth-order valence-electron chi connectivity index (χ4n) is 4.99. The van der Waals surface area contributed by atoms with Crippen molar-refractivity contribution in [1.29, 1.82) is 5.26 Å². The number of aromatic nitrogens is 1. The fraction of sp³-hybridized carbons (Fsp3) is 0.462. The highest BCUT2D eigenvalue weighted by Gasteiger charge is 2.52. The number of aromatic amines is 1. The molecule has 2 heterocycles. The number of hydrogen-bond donors (Lipinski definition) is 2. The first kappa shape index (κ1) is 24.5. The highest BCUT2D eigenvalue weighted by atomic mass is 19.1. The number of piperidine rings is 1. The molecule has 1 saturated carbocycles. The summed E-state index contributed by atoms with van der Waals surface area (Å²) in [7, 11) is 0. The van der Waals surface area contributed by atoms with Crippen molar-refractivity contribution in [2.45, 2.75) is 70.2 Å². The van der Waals surface area contributed by atoms with Gasteiger partial charge in [-0.15, -0.1) is 0 Å². The monoisotopic (exact) mass is 480 g/mol. The van der Waals surface area contributed by atoms with E-state index in [1.54, 1.807) is 39.0 Å². The van der Waals surface area contributed by atoms with E-state index >= 15 is 0 Å². The van der Waals surface area contributed by atoms with E-state index in [0.717, 1.165) is 19.3 Å². The van der Waals surface area contributed by atoms with Crippen LogP contribution in [0.2, 0.25) is 0 Å². The Balaban J connectivity index is 1.46. The van der Waals surface area contributed by atoms with Gasteiger partial charge in [-0.05, 0) is 74.8 Å². The molecule has 2 N–H and O–H groups in total. The number of likely N-dealkylation sites (tertiary alicyclic amines) is 1. The summed E-state index contributed by atoms with van der Waals surface area (Å²) in [4.78, 5) is 41.3. The van der Waals surface area contributed by atoms with E-state index in [1.807, 2.05) is 6.07 Å². The number of nitrogens with zero attached hydrogens (tertiary/aromatic N) is 2. The molecule has 3 unspecified atom stereocenters. The standard InChI is InChI=1S/C26H29FN4O4/c1-26(2,3)35-25(34)31-20-8-6-17(11-20)23(31)24(33)30-19(13-28)10-16-5-4-15(12-21(16)27)18-7-9-22(32)29-14-18/h4-5,7,9,12,14,17,19-20,23H,6,8,10-11H2,1-3H3,(H,29,32)(H,30,33)/t17?,19-,20?,23?/m0/s1. The van der Waals surface area contributed by atoms with Crippen LogP contribution in [0.15, 0.2) is 41.3 Å². The van der Waals surface area contributed by atoms with Crippen molar-refractivity contribution in [3.8, 4) is 17.2 Å². The number of nitriles is 1. The Kier molecular flexibility index (Phi) is 6.66. The number of ether oxygens (including phenoxy) is 1. The van der Waals surface area contributed by atoms with Gasteiger partial charge < -0.3 is 15.0 Å². The minimum atomic E-state index is -0.962. The van der Waals surface area contributed by atoms with E-state index < -0.39 is 35.5 Å². The summed E-state index contributed by atoms with van der Waals surface area (Å²) < 4.78 is 20.4. The molecule has 1 aliphatic carbocycles. The van der Waals surface area contributed by atoms with E-state index in [-0.39, 0.29) is 29.5 Å². The zero-order chi connectivity index (χ0) is 25.3. The Morgan fingerprint density at radius 3 is 2.63 bits per heavy atom. The number of H-pyrrole nitrogens is 1. The topological polar surface area (TPSA) is 115 Å². The number of carbonyl (C=O) groups is 2. The normalized spacial score (nSPS) is 21.9. The molecule has 0 radical (unpaired) electrons. The van der Waals surface area contributed by atoms with Gasteiger partial charge in [0.2, 0.25) is 11.5 Å². The Morgan fingerprint density at radius 1 is 1.26 bits per heavy atom. The number of rotatable bonds is 5. The molecule has 2 bridgehead atoms. The summed E-state index contributed by atoms with van der Waals surface area (Å²) in [6.07, 6.45) is 3.34. The van der Waals surface area contributed by atoms with Gasteiger partial charge in [-0.25, -0.2) is 9.18 Å². The van der Waals surface area contributed by atoms with Crippen molar-refractivity contribution in [2.75, 3.05) is 0 Å². The van der Waals surface area contributed by atoms with Crippen LogP contribution < -0.4 is 10.9 Å². The summed E-state index contributed by atoms with van der Waals surface area (Å²) in [5.74, 6) is -0.918. The molecule has 4 rings (SSSR count). The predicted molar refractivity (Wildman–Crippen MR) is 127 cm³/mol. The quantitative estimate of drug-likeness (QED) is 0.680. The summed E-state index contributed by atoms with van der Waals surface area (Å²) in [6.45, 7) is 5.32. The molecule has 1 saturated heterocycles. The van der Waals surface area contributed by atoms with Gasteiger partial charge in [-0.1, -0.05) is 12.1 Å². The lowest BCUT2D eigenvalue weighted by Gasteiger charge is -2.35. The second-order valence-corrected chi connectivity index (χ2v) is 10.2. The van der Waals surface area contributed by atoms with Crippen LogP contribution in [-0.4, -0.2) is 45.6 Å². The maximum Gasteiger partial charge on any atom is 0.411 e. The van der Waals surface area contributed by atoms with Crippen LogP contribution in [-0.2, 0) is 16.0 Å². The van der Waals surface area contributed by atoms with Gasteiger partial charge in [0.1, 0.15) is 23.5 Å². The number of carbonyl (C=O) groups excluding carboxylic acids is 2. The Bertz CT molecular complexity index is 1210. The summed E-state index contributed by atoms with van der Waals surface area (Å²) in [5.41, 5.74) is 0.573. The van der Waals surface area contributed by atoms with Crippen molar-refractivity contribution in [3.63, 3.8) is 0 Å². The van der Waals surface area contributed by atoms with Crippen molar-refractivity contribution in [2.24, 2.45) is 5.92 Å². The molecule has 35 heavy (non-hydrogen) atoms. The third-order valence-electron chi connectivity index (χ3n) is 6.53. The summed E-state index contributed by atoms with van der Waals surface area (Å²) >= 11 is 0. The highest BCUT2D eigenvalue weighted by Crippen LogP contribution is 2.43. The minimum absolute atomic E-state index is 0.0141. The lowest BCUT2D eigenvalue weighted by Crippen LogP contribution is -2.55. The highest BCUT2D eigenvalue weighted by molar-refractivity contribution is 5.87. The summed E-state index contributed by atoms with van der Waals surface area (Å²) in [5, 5.41) is 12.4. The van der Waals surface area contributed by atoms with Crippen molar-refractivity contribution >= 4 is 12.0 Å². The molecule has 4 atom stereocenters. The molecule has 1 aromatic carbocycles. The first-order chi connectivity index (χ1) is 16.6. The Hall–Kier alpha value is -3.67. The number of pyridine rings is 1. The van der Waals surface area contributed by atoms with Gasteiger partial charge in [-0.2, -0.15) is 5.26 Å². The lowest BCUT2D eigenvalue weighted by molar-refractivity contribution is -0.128. The van der Waals surface area contributed by atoms with Crippen LogP contribution in [0.4, 0.5) is 9.18 Å². The fourth-order valence-corrected chi connectivity index (χ4v) is 4.99. The van der Waals surface area contributed by atoms with E-state index in [9.17, 15) is 24.0 Å². The first-order valence-corrected chi connectivity index (χ1v) is 11.7. The third-order valence-corrected chi connectivity index (χ3v) is 6.53. The molecule has 8 nitrogen and oxygen atoms in total. The minimum Gasteiger partial charge on any atom is -0.444 e. The van der Waals surface area contributed by atoms with Gasteiger partial charge >= 0.3 is 6.09 Å². The maximum absolute atomic E-state index is 14.8. The van der Waals surface area contributed by atoms with Crippen LogP contribution in [0.25, 0.3) is 11.1 Å². The maximum atomic E-state index is 14.8. The van der Waals surface area contributed by atoms with E-state index in [1.165, 1.54) is 23.2 Å². The van der Waals surface area contributed by atoms with E-state index in [0.29, 0.717) is 11.1 Å². The van der Waals surface area contributed by atoms with Gasteiger partial charge in [0.25, 0.3) is 0 Å². The Morgan fingerprint density at radius 2 is 2.00 bits per heavy atom. The van der Waals surface area contributed by atoms with Crippen LogP contribution >= 0.6 is 0 Å². The molecule has 2 fully saturated rings. The molecule has 1 aliphatic heterocycles. The zero-order valence-corrected chi connectivity index (χ0v) is 20.0. The zero-order valence-electron chi connectivity index (χ0n) is 20.0. The average molecular weight is 481 g/mol. The molecular weight excluding hydrogens is 451 g/mol. The molecule has 184 valence electrons. The predicted octanol–water partition coefficient (Wildman–Crippen LogP) is 3.52. The van der Waals surface area contributed by atoms with Crippen LogP contribution in [0.1, 0.15) is 45.6 Å². The second-order valence-electron chi connectivity index (χ2n) is 10.2. The Labute approximate surface area is 203 Å². The van der Waals surface area contributed by atoms with Crippen LogP contribution in [0, 0.1) is 23.1 Å². The third kappa shape index (κ3) is 5.37. The van der Waals surface area contributed by atoms with Crippen LogP contribution in [0.5, 0.6) is 0 Å². The first-order valence-electron chi connectivity index (χ1n) is 11.7. The van der Waals surface area contributed by atoms with Gasteiger partial charge in [0.05, 0.1) is 6.07 Å². The van der Waals surface area contributed by atoms with Crippen molar-refractivity contribution in [3.05, 3.63) is 58.3 Å². The van der Waals surface area contributed by atoms with E-state index in [2.05, 4.69) is 10.3 Å².